The Balaban J connectivity index is 2.47. The Morgan fingerprint density at radius 1 is 1.27 bits per heavy atom. The van der Waals surface area contributed by atoms with Gasteiger partial charge in [-0.05, 0) is 18.8 Å². The van der Waals surface area contributed by atoms with E-state index in [0.29, 0.717) is 17.9 Å². The second kappa shape index (κ2) is 3.55. The summed E-state index contributed by atoms with van der Waals surface area (Å²) >= 11 is 0. The monoisotopic (exact) mass is 158 g/mol. The van der Waals surface area contributed by atoms with Gasteiger partial charge in [0.1, 0.15) is 0 Å². The molecule has 1 saturated heterocycles. The first-order valence-corrected chi connectivity index (χ1v) is 4.33. The van der Waals surface area contributed by atoms with E-state index in [1.807, 2.05) is 0 Å². The van der Waals surface area contributed by atoms with Gasteiger partial charge in [-0.25, -0.2) is 0 Å². The molecule has 0 amide bonds. The van der Waals surface area contributed by atoms with Gasteiger partial charge in [0.05, 0.1) is 6.10 Å². The van der Waals surface area contributed by atoms with Crippen molar-refractivity contribution >= 4 is 0 Å². The van der Waals surface area contributed by atoms with Crippen LogP contribution in [-0.2, 0) is 9.47 Å². The third-order valence-corrected chi connectivity index (χ3v) is 2.83. The zero-order chi connectivity index (χ0) is 8.43. The van der Waals surface area contributed by atoms with E-state index < -0.39 is 0 Å². The first-order chi connectivity index (χ1) is 5.15. The van der Waals surface area contributed by atoms with Crippen molar-refractivity contribution < 1.29 is 9.47 Å². The van der Waals surface area contributed by atoms with Crippen molar-refractivity contribution in [3.05, 3.63) is 0 Å². The summed E-state index contributed by atoms with van der Waals surface area (Å²) in [6, 6.07) is 0. The summed E-state index contributed by atoms with van der Waals surface area (Å²) in [7, 11) is 1.71. The molecule has 66 valence electrons. The molecule has 0 aliphatic carbocycles. The van der Waals surface area contributed by atoms with Gasteiger partial charge in [0.2, 0.25) is 0 Å². The Morgan fingerprint density at radius 3 is 2.36 bits per heavy atom. The van der Waals surface area contributed by atoms with E-state index >= 15 is 0 Å². The smallest absolute Gasteiger partial charge is 0.157 e. The van der Waals surface area contributed by atoms with Gasteiger partial charge in [0, 0.05) is 13.5 Å². The SMILES string of the molecule is CO[C@H]1C[C@@H](C)[C@@H](C)C(C)O1. The lowest BCUT2D eigenvalue weighted by Gasteiger charge is -2.36. The fourth-order valence-electron chi connectivity index (χ4n) is 1.55. The zero-order valence-corrected chi connectivity index (χ0v) is 7.83. The lowest BCUT2D eigenvalue weighted by atomic mass is 9.86. The fourth-order valence-corrected chi connectivity index (χ4v) is 1.55. The Bertz CT molecular complexity index is 113. The molecule has 0 aromatic rings. The van der Waals surface area contributed by atoms with Crippen LogP contribution in [0.2, 0.25) is 0 Å². The van der Waals surface area contributed by atoms with Crippen LogP contribution in [0.25, 0.3) is 0 Å². The lowest BCUT2D eigenvalue weighted by Crippen LogP contribution is -2.37. The third kappa shape index (κ3) is 1.94. The van der Waals surface area contributed by atoms with Gasteiger partial charge in [-0.2, -0.15) is 0 Å². The molecule has 1 aliphatic rings. The van der Waals surface area contributed by atoms with Crippen molar-refractivity contribution in [2.24, 2.45) is 11.8 Å². The van der Waals surface area contributed by atoms with E-state index in [1.54, 1.807) is 7.11 Å². The molecular formula is C9H18O2. The van der Waals surface area contributed by atoms with E-state index in [-0.39, 0.29) is 6.29 Å². The van der Waals surface area contributed by atoms with Gasteiger partial charge >= 0.3 is 0 Å². The van der Waals surface area contributed by atoms with E-state index in [2.05, 4.69) is 20.8 Å². The molecule has 4 atom stereocenters. The molecule has 0 aromatic heterocycles. The van der Waals surface area contributed by atoms with Gasteiger partial charge in [0.25, 0.3) is 0 Å². The van der Waals surface area contributed by atoms with E-state index in [0.717, 1.165) is 6.42 Å². The minimum atomic E-state index is 0.0243. The summed E-state index contributed by atoms with van der Waals surface area (Å²) in [6.45, 7) is 6.61. The summed E-state index contributed by atoms with van der Waals surface area (Å²) in [4.78, 5) is 0. The minimum Gasteiger partial charge on any atom is -0.356 e. The summed E-state index contributed by atoms with van der Waals surface area (Å²) in [6.07, 6.45) is 1.39. The molecule has 0 aromatic carbocycles. The Morgan fingerprint density at radius 2 is 1.91 bits per heavy atom. The zero-order valence-electron chi connectivity index (χ0n) is 7.83. The second-order valence-corrected chi connectivity index (χ2v) is 3.58. The van der Waals surface area contributed by atoms with Crippen LogP contribution in [0.15, 0.2) is 0 Å². The maximum Gasteiger partial charge on any atom is 0.157 e. The largest absolute Gasteiger partial charge is 0.356 e. The van der Waals surface area contributed by atoms with Crippen LogP contribution in [0.5, 0.6) is 0 Å². The van der Waals surface area contributed by atoms with Gasteiger partial charge in [-0.15, -0.1) is 0 Å². The minimum absolute atomic E-state index is 0.0243. The second-order valence-electron chi connectivity index (χ2n) is 3.58. The number of methoxy groups -OCH3 is 1. The number of hydrogen-bond donors (Lipinski definition) is 0. The molecule has 1 unspecified atom stereocenters. The fraction of sp³-hybridized carbons (Fsp3) is 1.00. The van der Waals surface area contributed by atoms with Gasteiger partial charge in [0.15, 0.2) is 6.29 Å². The summed E-state index contributed by atoms with van der Waals surface area (Å²) in [5, 5.41) is 0. The first-order valence-electron chi connectivity index (χ1n) is 4.33. The average molecular weight is 158 g/mol. The maximum atomic E-state index is 5.60. The molecule has 1 heterocycles. The van der Waals surface area contributed by atoms with Crippen molar-refractivity contribution in [2.75, 3.05) is 7.11 Å². The van der Waals surface area contributed by atoms with E-state index in [1.165, 1.54) is 0 Å². The molecule has 0 saturated carbocycles. The molecule has 2 heteroatoms. The van der Waals surface area contributed by atoms with Crippen molar-refractivity contribution in [1.82, 2.24) is 0 Å². The number of ether oxygens (including phenoxy) is 2. The van der Waals surface area contributed by atoms with Crippen LogP contribution in [0.3, 0.4) is 0 Å². The highest BCUT2D eigenvalue weighted by atomic mass is 16.7. The van der Waals surface area contributed by atoms with Crippen LogP contribution in [-0.4, -0.2) is 19.5 Å². The normalized spacial score (nSPS) is 45.8. The molecule has 0 spiro atoms. The summed E-state index contributed by atoms with van der Waals surface area (Å²) < 4.78 is 10.8. The van der Waals surface area contributed by atoms with Crippen LogP contribution in [0.1, 0.15) is 27.2 Å². The van der Waals surface area contributed by atoms with Crippen molar-refractivity contribution in [3.8, 4) is 0 Å². The van der Waals surface area contributed by atoms with Gasteiger partial charge < -0.3 is 9.47 Å². The van der Waals surface area contributed by atoms with Crippen molar-refractivity contribution in [1.29, 1.82) is 0 Å². The van der Waals surface area contributed by atoms with Crippen LogP contribution < -0.4 is 0 Å². The van der Waals surface area contributed by atoms with E-state index in [9.17, 15) is 0 Å². The van der Waals surface area contributed by atoms with Crippen LogP contribution >= 0.6 is 0 Å². The van der Waals surface area contributed by atoms with Crippen molar-refractivity contribution in [2.45, 2.75) is 39.6 Å². The van der Waals surface area contributed by atoms with Gasteiger partial charge in [-0.1, -0.05) is 13.8 Å². The molecule has 0 N–H and O–H groups in total. The molecule has 11 heavy (non-hydrogen) atoms. The maximum absolute atomic E-state index is 5.60. The molecule has 0 bridgehead atoms. The molecule has 1 fully saturated rings. The summed E-state index contributed by atoms with van der Waals surface area (Å²) in [5.41, 5.74) is 0. The lowest BCUT2D eigenvalue weighted by molar-refractivity contribution is -0.203. The average Bonchev–Trinajstić information content (AvgIpc) is 1.99. The van der Waals surface area contributed by atoms with Gasteiger partial charge in [-0.3, -0.25) is 0 Å². The highest BCUT2D eigenvalue weighted by Gasteiger charge is 2.30. The molecule has 2 nitrogen and oxygen atoms in total. The Hall–Kier alpha value is -0.0800. The Labute approximate surface area is 68.9 Å². The Kier molecular flexibility index (Phi) is 2.90. The third-order valence-electron chi connectivity index (χ3n) is 2.83. The molecule has 1 rings (SSSR count). The predicted octanol–water partition coefficient (Wildman–Crippen LogP) is 2.04. The molecule has 0 radical (unpaired) electrons. The molecular weight excluding hydrogens is 140 g/mol. The first kappa shape index (κ1) is 9.01. The highest BCUT2D eigenvalue weighted by molar-refractivity contribution is 4.74. The van der Waals surface area contributed by atoms with Crippen LogP contribution in [0, 0.1) is 11.8 Å². The molecule has 1 aliphatic heterocycles. The topological polar surface area (TPSA) is 18.5 Å². The summed E-state index contributed by atoms with van der Waals surface area (Å²) in [5.74, 6) is 1.37. The van der Waals surface area contributed by atoms with Crippen molar-refractivity contribution in [3.63, 3.8) is 0 Å². The van der Waals surface area contributed by atoms with E-state index in [4.69, 9.17) is 9.47 Å². The predicted molar refractivity (Wildman–Crippen MR) is 44.3 cm³/mol. The highest BCUT2D eigenvalue weighted by Crippen LogP contribution is 2.29. The standard InChI is InChI=1S/C9H18O2/c1-6-5-9(10-4)11-8(3)7(6)2/h6-9H,5H2,1-4H3/t6-,7-,8?,9-/m1/s1. The van der Waals surface area contributed by atoms with Crippen LogP contribution in [0.4, 0.5) is 0 Å². The number of rotatable bonds is 1. The number of hydrogen-bond acceptors (Lipinski definition) is 2. The quantitative estimate of drug-likeness (QED) is 0.581.